The number of ether oxygens (including phenoxy) is 1. The third-order valence-electron chi connectivity index (χ3n) is 4.19. The molecule has 2 aromatic carbocycles. The fraction of sp³-hybridized carbons (Fsp3) is 0.263. The summed E-state index contributed by atoms with van der Waals surface area (Å²) in [7, 11) is -1.95. The molecule has 0 bridgehead atoms. The van der Waals surface area contributed by atoms with Crippen molar-refractivity contribution in [3.63, 3.8) is 0 Å². The van der Waals surface area contributed by atoms with Crippen molar-refractivity contribution in [1.82, 2.24) is 4.57 Å². The van der Waals surface area contributed by atoms with E-state index in [-0.39, 0.29) is 16.2 Å². The number of thiazole rings is 1. The second kappa shape index (κ2) is 8.57. The van der Waals surface area contributed by atoms with Crippen LogP contribution in [0.4, 0.5) is 0 Å². The summed E-state index contributed by atoms with van der Waals surface area (Å²) in [6.07, 6.45) is 0. The molecule has 0 radical (unpaired) electrons. The molecule has 1 amide bonds. The van der Waals surface area contributed by atoms with Crippen molar-refractivity contribution < 1.29 is 17.9 Å². The Labute approximate surface area is 172 Å². The quantitative estimate of drug-likeness (QED) is 0.589. The van der Waals surface area contributed by atoms with Gasteiger partial charge in [-0.3, -0.25) is 4.79 Å². The number of aromatic nitrogens is 1. The monoisotopic (exact) mass is 438 g/mol. The van der Waals surface area contributed by atoms with Crippen LogP contribution in [0.15, 0.2) is 52.4 Å². The number of hydrogen-bond donors (Lipinski definition) is 0. The van der Waals surface area contributed by atoms with Crippen LogP contribution in [0.5, 0.6) is 0 Å². The van der Waals surface area contributed by atoms with Crippen LogP contribution >= 0.6 is 22.9 Å². The van der Waals surface area contributed by atoms with Gasteiger partial charge in [-0.25, -0.2) is 8.42 Å². The molecule has 148 valence electrons. The summed E-state index contributed by atoms with van der Waals surface area (Å²) in [6, 6.07) is 11.6. The van der Waals surface area contributed by atoms with Crippen molar-refractivity contribution in [3.8, 4) is 0 Å². The number of benzene rings is 2. The highest BCUT2D eigenvalue weighted by Crippen LogP contribution is 2.22. The summed E-state index contributed by atoms with van der Waals surface area (Å²) < 4.78 is 32.6. The van der Waals surface area contributed by atoms with Gasteiger partial charge in [0.15, 0.2) is 14.6 Å². The van der Waals surface area contributed by atoms with Crippen LogP contribution in [0.25, 0.3) is 10.2 Å². The van der Waals surface area contributed by atoms with Gasteiger partial charge in [0, 0.05) is 18.7 Å². The van der Waals surface area contributed by atoms with Crippen molar-refractivity contribution in [2.75, 3.05) is 19.5 Å². The van der Waals surface area contributed by atoms with E-state index >= 15 is 0 Å². The second-order valence-electron chi connectivity index (χ2n) is 5.96. The number of sulfone groups is 1. The lowest BCUT2D eigenvalue weighted by Gasteiger charge is -2.06. The van der Waals surface area contributed by atoms with Crippen LogP contribution in [0.2, 0.25) is 5.02 Å². The second-order valence-corrected chi connectivity index (χ2v) is 9.65. The highest BCUT2D eigenvalue weighted by atomic mass is 35.5. The fourth-order valence-corrected chi connectivity index (χ4v) is 5.17. The number of rotatable bonds is 6. The van der Waals surface area contributed by atoms with E-state index < -0.39 is 15.7 Å². The predicted octanol–water partition coefficient (Wildman–Crippen LogP) is 3.54. The standard InChI is InChI=1S/C19H19ClN2O4S2/c1-3-28(24,25)17-7-5-4-6-14(17)18(23)21-19-22(10-11-26-2)15-9-8-13(20)12-16(15)27-19/h4-9,12H,3,10-11H2,1-2H3. The fourth-order valence-electron chi connectivity index (χ4n) is 2.75. The molecule has 28 heavy (non-hydrogen) atoms. The molecule has 3 aromatic rings. The Morgan fingerprint density at radius 2 is 2.00 bits per heavy atom. The van der Waals surface area contributed by atoms with Gasteiger partial charge in [-0.2, -0.15) is 4.99 Å². The molecule has 6 nitrogen and oxygen atoms in total. The topological polar surface area (TPSA) is 77.7 Å². The average Bonchev–Trinajstić information content (AvgIpc) is 3.02. The van der Waals surface area contributed by atoms with E-state index in [1.54, 1.807) is 32.2 Å². The van der Waals surface area contributed by atoms with Gasteiger partial charge in [0.1, 0.15) is 0 Å². The first-order valence-electron chi connectivity index (χ1n) is 8.56. The molecular formula is C19H19ClN2O4S2. The Balaban J connectivity index is 2.17. The zero-order chi connectivity index (χ0) is 20.3. The summed E-state index contributed by atoms with van der Waals surface area (Å²) in [5.41, 5.74) is 0.950. The van der Waals surface area contributed by atoms with E-state index in [1.807, 2.05) is 16.7 Å². The van der Waals surface area contributed by atoms with Crippen molar-refractivity contribution in [1.29, 1.82) is 0 Å². The maximum Gasteiger partial charge on any atom is 0.280 e. The number of nitrogens with zero attached hydrogens (tertiary/aromatic N) is 2. The molecule has 0 aliphatic heterocycles. The lowest BCUT2D eigenvalue weighted by molar-refractivity contribution is 0.0994. The Morgan fingerprint density at radius 3 is 2.71 bits per heavy atom. The third kappa shape index (κ3) is 4.20. The molecule has 0 saturated carbocycles. The van der Waals surface area contributed by atoms with E-state index in [0.717, 1.165) is 10.2 Å². The maximum atomic E-state index is 12.9. The molecule has 9 heteroatoms. The van der Waals surface area contributed by atoms with Crippen molar-refractivity contribution in [3.05, 3.63) is 57.9 Å². The van der Waals surface area contributed by atoms with Crippen LogP contribution in [0, 0.1) is 0 Å². The minimum absolute atomic E-state index is 0.00107. The number of carbonyl (C=O) groups is 1. The van der Waals surface area contributed by atoms with Gasteiger partial charge in [0.25, 0.3) is 5.91 Å². The lowest BCUT2D eigenvalue weighted by Crippen LogP contribution is -2.20. The number of amides is 1. The van der Waals surface area contributed by atoms with Gasteiger partial charge in [0.2, 0.25) is 0 Å². The number of fused-ring (bicyclic) bond motifs is 1. The van der Waals surface area contributed by atoms with Crippen LogP contribution in [-0.4, -0.2) is 38.4 Å². The van der Waals surface area contributed by atoms with Crippen LogP contribution in [0.3, 0.4) is 0 Å². The van der Waals surface area contributed by atoms with Crippen molar-refractivity contribution in [2.45, 2.75) is 18.4 Å². The summed E-state index contributed by atoms with van der Waals surface area (Å²) in [6.45, 7) is 2.48. The van der Waals surface area contributed by atoms with Gasteiger partial charge in [-0.05, 0) is 30.3 Å². The normalized spacial score (nSPS) is 12.6. The Hall–Kier alpha value is -2.00. The highest BCUT2D eigenvalue weighted by molar-refractivity contribution is 7.91. The number of hydrogen-bond acceptors (Lipinski definition) is 5. The minimum atomic E-state index is -3.54. The molecule has 0 fully saturated rings. The third-order valence-corrected chi connectivity index (χ3v) is 7.26. The summed E-state index contributed by atoms with van der Waals surface area (Å²) in [5.74, 6) is -0.691. The number of carbonyl (C=O) groups excluding carboxylic acids is 1. The van der Waals surface area contributed by atoms with E-state index in [2.05, 4.69) is 4.99 Å². The molecule has 0 aliphatic carbocycles. The zero-order valence-corrected chi connectivity index (χ0v) is 17.8. The van der Waals surface area contributed by atoms with E-state index in [9.17, 15) is 13.2 Å². The first-order valence-corrected chi connectivity index (χ1v) is 11.4. The highest BCUT2D eigenvalue weighted by Gasteiger charge is 2.20. The number of halogens is 1. The molecule has 0 spiro atoms. The van der Waals surface area contributed by atoms with E-state index in [1.165, 1.54) is 23.5 Å². The average molecular weight is 439 g/mol. The SMILES string of the molecule is CCS(=O)(=O)c1ccccc1C(=O)N=c1sc2cc(Cl)ccc2n1CCOC. The summed E-state index contributed by atoms with van der Waals surface area (Å²) in [5, 5.41) is 0.588. The zero-order valence-electron chi connectivity index (χ0n) is 15.4. The molecule has 1 aromatic heterocycles. The first kappa shape index (κ1) is 20.7. The van der Waals surface area contributed by atoms with Crippen molar-refractivity contribution >= 4 is 48.9 Å². The molecule has 0 saturated heterocycles. The van der Waals surface area contributed by atoms with Crippen molar-refractivity contribution in [2.24, 2.45) is 4.99 Å². The van der Waals surface area contributed by atoms with Gasteiger partial charge in [-0.15, -0.1) is 0 Å². The van der Waals surface area contributed by atoms with Gasteiger partial charge < -0.3 is 9.30 Å². The molecule has 3 rings (SSSR count). The van der Waals surface area contributed by atoms with Gasteiger partial charge in [-0.1, -0.05) is 42.0 Å². The molecule has 0 unspecified atom stereocenters. The Morgan fingerprint density at radius 1 is 1.25 bits per heavy atom. The predicted molar refractivity (Wildman–Crippen MR) is 111 cm³/mol. The lowest BCUT2D eigenvalue weighted by atomic mass is 10.2. The minimum Gasteiger partial charge on any atom is -0.383 e. The molecule has 0 N–H and O–H groups in total. The van der Waals surface area contributed by atoms with E-state index in [4.69, 9.17) is 16.3 Å². The summed E-state index contributed by atoms with van der Waals surface area (Å²) >= 11 is 7.40. The largest absolute Gasteiger partial charge is 0.383 e. The molecule has 0 aliphatic rings. The molecule has 1 heterocycles. The molecule has 0 atom stereocenters. The Bertz CT molecular complexity index is 1200. The number of methoxy groups -OCH3 is 1. The van der Waals surface area contributed by atoms with Crippen LogP contribution < -0.4 is 4.80 Å². The molecular weight excluding hydrogens is 420 g/mol. The van der Waals surface area contributed by atoms with Gasteiger partial charge in [0.05, 0.1) is 33.0 Å². The summed E-state index contributed by atoms with van der Waals surface area (Å²) in [4.78, 5) is 17.6. The Kier molecular flexibility index (Phi) is 6.34. The van der Waals surface area contributed by atoms with Crippen LogP contribution in [-0.2, 0) is 21.1 Å². The van der Waals surface area contributed by atoms with Crippen LogP contribution in [0.1, 0.15) is 17.3 Å². The smallest absolute Gasteiger partial charge is 0.280 e. The van der Waals surface area contributed by atoms with Gasteiger partial charge >= 0.3 is 0 Å². The maximum absolute atomic E-state index is 12.9. The first-order chi connectivity index (χ1) is 13.4. The van der Waals surface area contributed by atoms with E-state index in [0.29, 0.717) is 23.0 Å².